The van der Waals surface area contributed by atoms with Crippen LogP contribution in [0, 0.1) is 5.92 Å². The van der Waals surface area contributed by atoms with Gasteiger partial charge in [0.2, 0.25) is 11.8 Å². The van der Waals surface area contributed by atoms with E-state index >= 15 is 0 Å². The molecule has 2 atom stereocenters. The summed E-state index contributed by atoms with van der Waals surface area (Å²) in [5.41, 5.74) is 0. The smallest absolute Gasteiger partial charge is 0.226 e. The molecular formula is C16H27N3O2. The van der Waals surface area contributed by atoms with Gasteiger partial charge in [-0.15, -0.1) is 0 Å². The van der Waals surface area contributed by atoms with E-state index in [-0.39, 0.29) is 11.8 Å². The molecule has 0 spiro atoms. The Kier molecular flexibility index (Phi) is 5.76. The van der Waals surface area contributed by atoms with Crippen LogP contribution >= 0.6 is 0 Å². The lowest BCUT2D eigenvalue weighted by atomic mass is 9.87. The fourth-order valence-corrected chi connectivity index (χ4v) is 2.87. The third kappa shape index (κ3) is 5.14. The van der Waals surface area contributed by atoms with Gasteiger partial charge in [0.05, 0.1) is 0 Å². The van der Waals surface area contributed by atoms with Gasteiger partial charge in [0.15, 0.2) is 5.82 Å². The van der Waals surface area contributed by atoms with E-state index in [0.717, 1.165) is 31.0 Å². The van der Waals surface area contributed by atoms with Crippen molar-refractivity contribution in [2.45, 2.75) is 77.7 Å². The van der Waals surface area contributed by atoms with Crippen LogP contribution in [0.2, 0.25) is 0 Å². The number of aromatic nitrogens is 2. The molecule has 0 aliphatic heterocycles. The Balaban J connectivity index is 1.66. The van der Waals surface area contributed by atoms with Crippen LogP contribution in [0.4, 0.5) is 0 Å². The van der Waals surface area contributed by atoms with Crippen molar-refractivity contribution < 1.29 is 9.32 Å². The average molecular weight is 293 g/mol. The van der Waals surface area contributed by atoms with E-state index < -0.39 is 0 Å². The van der Waals surface area contributed by atoms with Gasteiger partial charge in [-0.25, -0.2) is 0 Å². The standard InChI is InChI=1S/C16H27N3O2/c1-11(2)16-18-15(21-19-16)9-5-8-14(20)17-13-7-4-6-12(3)10-13/h11-13H,4-10H2,1-3H3,(H,17,20). The Morgan fingerprint density at radius 1 is 1.43 bits per heavy atom. The van der Waals surface area contributed by atoms with Crippen LogP contribution in [0.5, 0.6) is 0 Å². The molecule has 1 aliphatic carbocycles. The molecule has 118 valence electrons. The lowest BCUT2D eigenvalue weighted by Gasteiger charge is -2.27. The highest BCUT2D eigenvalue weighted by atomic mass is 16.5. The molecule has 1 aromatic rings. The quantitative estimate of drug-likeness (QED) is 0.874. The molecule has 1 fully saturated rings. The molecule has 1 aliphatic rings. The van der Waals surface area contributed by atoms with Crippen LogP contribution in [0.1, 0.15) is 76.9 Å². The highest BCUT2D eigenvalue weighted by Gasteiger charge is 2.20. The summed E-state index contributed by atoms with van der Waals surface area (Å²) in [4.78, 5) is 16.3. The molecule has 21 heavy (non-hydrogen) atoms. The Labute approximate surface area is 126 Å². The van der Waals surface area contributed by atoms with Crippen molar-refractivity contribution in [1.82, 2.24) is 15.5 Å². The first kappa shape index (κ1) is 16.0. The first-order valence-corrected chi connectivity index (χ1v) is 8.16. The van der Waals surface area contributed by atoms with Crippen molar-refractivity contribution in [1.29, 1.82) is 0 Å². The molecule has 1 N–H and O–H groups in total. The van der Waals surface area contributed by atoms with Crippen molar-refractivity contribution >= 4 is 5.91 Å². The summed E-state index contributed by atoms with van der Waals surface area (Å²) in [5, 5.41) is 7.08. The number of carbonyl (C=O) groups excluding carboxylic acids is 1. The molecule has 1 heterocycles. The number of hydrogen-bond acceptors (Lipinski definition) is 4. The molecular weight excluding hydrogens is 266 g/mol. The summed E-state index contributed by atoms with van der Waals surface area (Å²) in [6, 6.07) is 0.372. The zero-order chi connectivity index (χ0) is 15.2. The zero-order valence-corrected chi connectivity index (χ0v) is 13.4. The van der Waals surface area contributed by atoms with Crippen molar-refractivity contribution in [3.05, 3.63) is 11.7 Å². The Hall–Kier alpha value is -1.39. The molecule has 5 heteroatoms. The Morgan fingerprint density at radius 3 is 2.90 bits per heavy atom. The second-order valence-electron chi connectivity index (χ2n) is 6.59. The average Bonchev–Trinajstić information content (AvgIpc) is 2.87. The monoisotopic (exact) mass is 293 g/mol. The summed E-state index contributed by atoms with van der Waals surface area (Å²) in [5.74, 6) is 2.54. The minimum absolute atomic E-state index is 0.151. The van der Waals surface area contributed by atoms with Crippen LogP contribution in [-0.4, -0.2) is 22.1 Å². The minimum Gasteiger partial charge on any atom is -0.353 e. The number of hydrogen-bond donors (Lipinski definition) is 1. The lowest BCUT2D eigenvalue weighted by Crippen LogP contribution is -2.37. The van der Waals surface area contributed by atoms with Gasteiger partial charge in [-0.2, -0.15) is 4.98 Å². The summed E-state index contributed by atoms with van der Waals surface area (Å²) in [6.07, 6.45) is 6.73. The number of amides is 1. The predicted octanol–water partition coefficient (Wildman–Crippen LogP) is 3.21. The number of nitrogens with one attached hydrogen (secondary N) is 1. The van der Waals surface area contributed by atoms with Gasteiger partial charge in [-0.05, 0) is 25.2 Å². The van der Waals surface area contributed by atoms with Gasteiger partial charge < -0.3 is 9.84 Å². The van der Waals surface area contributed by atoms with Gasteiger partial charge in [-0.3, -0.25) is 4.79 Å². The van der Waals surface area contributed by atoms with E-state index in [4.69, 9.17) is 4.52 Å². The molecule has 5 nitrogen and oxygen atoms in total. The highest BCUT2D eigenvalue weighted by Crippen LogP contribution is 2.23. The maximum absolute atomic E-state index is 11.9. The summed E-state index contributed by atoms with van der Waals surface area (Å²) in [6.45, 7) is 6.33. The molecule has 0 bridgehead atoms. The molecule has 2 rings (SSSR count). The maximum Gasteiger partial charge on any atom is 0.226 e. The fourth-order valence-electron chi connectivity index (χ4n) is 2.87. The van der Waals surface area contributed by atoms with E-state index in [9.17, 15) is 4.79 Å². The molecule has 0 saturated heterocycles. The lowest BCUT2D eigenvalue weighted by molar-refractivity contribution is -0.122. The first-order valence-electron chi connectivity index (χ1n) is 8.16. The number of aryl methyl sites for hydroxylation is 1. The zero-order valence-electron chi connectivity index (χ0n) is 13.4. The van der Waals surface area contributed by atoms with Crippen molar-refractivity contribution in [2.24, 2.45) is 5.92 Å². The minimum atomic E-state index is 0.151. The Bertz CT molecular complexity index is 456. The largest absolute Gasteiger partial charge is 0.353 e. The summed E-state index contributed by atoms with van der Waals surface area (Å²) in [7, 11) is 0. The molecule has 0 radical (unpaired) electrons. The summed E-state index contributed by atoms with van der Waals surface area (Å²) >= 11 is 0. The van der Waals surface area contributed by atoms with Gasteiger partial charge in [0.25, 0.3) is 0 Å². The second kappa shape index (κ2) is 7.57. The third-order valence-corrected chi connectivity index (χ3v) is 4.10. The van der Waals surface area contributed by atoms with E-state index in [1.165, 1.54) is 12.8 Å². The van der Waals surface area contributed by atoms with Crippen LogP contribution in [0.25, 0.3) is 0 Å². The summed E-state index contributed by atoms with van der Waals surface area (Å²) < 4.78 is 5.18. The van der Waals surface area contributed by atoms with Crippen LogP contribution in [0.3, 0.4) is 0 Å². The SMILES string of the molecule is CC1CCCC(NC(=O)CCCc2nc(C(C)C)no2)C1. The van der Waals surface area contributed by atoms with Gasteiger partial charge >= 0.3 is 0 Å². The van der Waals surface area contributed by atoms with Crippen LogP contribution in [0.15, 0.2) is 4.52 Å². The molecule has 1 amide bonds. The third-order valence-electron chi connectivity index (χ3n) is 4.10. The number of nitrogens with zero attached hydrogens (tertiary/aromatic N) is 2. The second-order valence-corrected chi connectivity index (χ2v) is 6.59. The van der Waals surface area contributed by atoms with Crippen molar-refractivity contribution in [2.75, 3.05) is 0 Å². The topological polar surface area (TPSA) is 68.0 Å². The van der Waals surface area contributed by atoms with E-state index in [1.807, 2.05) is 13.8 Å². The number of carbonyl (C=O) groups is 1. The molecule has 1 saturated carbocycles. The van der Waals surface area contributed by atoms with Gasteiger partial charge in [0.1, 0.15) is 0 Å². The molecule has 2 unspecified atom stereocenters. The Morgan fingerprint density at radius 2 is 2.24 bits per heavy atom. The van der Waals surface area contributed by atoms with E-state index in [0.29, 0.717) is 24.8 Å². The van der Waals surface area contributed by atoms with Crippen LogP contribution < -0.4 is 5.32 Å². The first-order chi connectivity index (χ1) is 10.0. The predicted molar refractivity (Wildman–Crippen MR) is 80.9 cm³/mol. The molecule has 1 aromatic heterocycles. The number of rotatable bonds is 6. The van der Waals surface area contributed by atoms with Crippen LogP contribution in [-0.2, 0) is 11.2 Å². The van der Waals surface area contributed by atoms with E-state index in [2.05, 4.69) is 22.4 Å². The normalized spacial score (nSPS) is 22.5. The fraction of sp³-hybridized carbons (Fsp3) is 0.812. The maximum atomic E-state index is 11.9. The van der Waals surface area contributed by atoms with E-state index in [1.54, 1.807) is 0 Å². The highest BCUT2D eigenvalue weighted by molar-refractivity contribution is 5.76. The van der Waals surface area contributed by atoms with Crippen molar-refractivity contribution in [3.63, 3.8) is 0 Å². The molecule has 0 aromatic carbocycles. The van der Waals surface area contributed by atoms with Crippen molar-refractivity contribution in [3.8, 4) is 0 Å². The van der Waals surface area contributed by atoms with Gasteiger partial charge in [-0.1, -0.05) is 38.8 Å². The van der Waals surface area contributed by atoms with Gasteiger partial charge in [0, 0.05) is 24.8 Å².